The highest BCUT2D eigenvalue weighted by molar-refractivity contribution is 5.97. The second-order valence-corrected chi connectivity index (χ2v) is 10.6. The average molecular weight is 523 g/mol. The fraction of sp³-hybridized carbons (Fsp3) is 0.552. The van der Waals surface area contributed by atoms with E-state index in [-0.39, 0.29) is 35.8 Å². The van der Waals surface area contributed by atoms with Crippen LogP contribution in [-0.4, -0.2) is 96.6 Å². The lowest BCUT2D eigenvalue weighted by molar-refractivity contribution is -0.135. The number of carbonyl (C=O) groups is 3. The normalized spacial score (nSPS) is 20.7. The highest BCUT2D eigenvalue weighted by atomic mass is 16.2. The SMILES string of the molecule is C=CCN1CC(C(=O)N(CCCN(C)C)C(=O)NCC)CC2c3cccc4c3c(cn4C(=O)NCC)CC21. The van der Waals surface area contributed by atoms with E-state index in [4.69, 9.17) is 0 Å². The minimum Gasteiger partial charge on any atom is -0.338 e. The van der Waals surface area contributed by atoms with Crippen LogP contribution in [0.1, 0.15) is 43.7 Å². The van der Waals surface area contributed by atoms with Crippen molar-refractivity contribution in [3.05, 3.63) is 48.2 Å². The molecule has 4 amide bonds. The maximum absolute atomic E-state index is 13.9. The first-order chi connectivity index (χ1) is 18.3. The molecule has 38 heavy (non-hydrogen) atoms. The van der Waals surface area contributed by atoms with Crippen molar-refractivity contribution < 1.29 is 14.4 Å². The zero-order valence-corrected chi connectivity index (χ0v) is 23.2. The number of aromatic nitrogens is 1. The fourth-order valence-electron chi connectivity index (χ4n) is 6.19. The van der Waals surface area contributed by atoms with Crippen LogP contribution in [-0.2, 0) is 11.2 Å². The quantitative estimate of drug-likeness (QED) is 0.494. The number of piperidine rings is 1. The third-order valence-electron chi connectivity index (χ3n) is 7.78. The lowest BCUT2D eigenvalue weighted by Crippen LogP contribution is -2.55. The molecule has 2 aromatic rings. The van der Waals surface area contributed by atoms with E-state index in [1.807, 2.05) is 52.3 Å². The van der Waals surface area contributed by atoms with Crippen LogP contribution in [0.15, 0.2) is 37.1 Å². The number of fused-ring (bicyclic) bond motifs is 2. The van der Waals surface area contributed by atoms with Gasteiger partial charge in [-0.05, 0) is 70.9 Å². The average Bonchev–Trinajstić information content (AvgIpc) is 3.26. The van der Waals surface area contributed by atoms with Crippen molar-refractivity contribution in [2.75, 3.05) is 53.4 Å². The molecule has 2 aliphatic rings. The van der Waals surface area contributed by atoms with Gasteiger partial charge >= 0.3 is 12.1 Å². The van der Waals surface area contributed by atoms with E-state index in [1.165, 1.54) is 10.5 Å². The van der Waals surface area contributed by atoms with Gasteiger partial charge in [0.25, 0.3) is 0 Å². The minimum atomic E-state index is -0.319. The summed E-state index contributed by atoms with van der Waals surface area (Å²) >= 11 is 0. The molecule has 1 aromatic heterocycles. The van der Waals surface area contributed by atoms with Gasteiger partial charge in [-0.3, -0.25) is 19.2 Å². The number of hydrogen-bond donors (Lipinski definition) is 2. The summed E-state index contributed by atoms with van der Waals surface area (Å²) < 4.78 is 1.72. The molecule has 9 heteroatoms. The van der Waals surface area contributed by atoms with Crippen LogP contribution in [0.3, 0.4) is 0 Å². The second-order valence-electron chi connectivity index (χ2n) is 10.6. The summed E-state index contributed by atoms with van der Waals surface area (Å²) in [6, 6.07) is 5.89. The zero-order valence-electron chi connectivity index (χ0n) is 23.2. The van der Waals surface area contributed by atoms with E-state index in [9.17, 15) is 14.4 Å². The van der Waals surface area contributed by atoms with Crippen molar-refractivity contribution in [3.63, 3.8) is 0 Å². The van der Waals surface area contributed by atoms with Crippen LogP contribution in [0, 0.1) is 5.92 Å². The number of benzene rings is 1. The Kier molecular flexibility index (Phi) is 8.89. The number of hydrogen-bond acceptors (Lipinski definition) is 5. The van der Waals surface area contributed by atoms with Gasteiger partial charge in [0, 0.05) is 56.3 Å². The summed E-state index contributed by atoms with van der Waals surface area (Å²) in [5.74, 6) is -0.294. The van der Waals surface area contributed by atoms with Crippen molar-refractivity contribution in [1.82, 2.24) is 29.9 Å². The van der Waals surface area contributed by atoms with Gasteiger partial charge in [0.1, 0.15) is 0 Å². The number of amides is 4. The first-order valence-electron chi connectivity index (χ1n) is 13.8. The van der Waals surface area contributed by atoms with Crippen LogP contribution in [0.4, 0.5) is 9.59 Å². The van der Waals surface area contributed by atoms with E-state index < -0.39 is 0 Å². The topological polar surface area (TPSA) is 89.9 Å². The zero-order chi connectivity index (χ0) is 27.4. The third kappa shape index (κ3) is 5.49. The molecule has 9 nitrogen and oxygen atoms in total. The van der Waals surface area contributed by atoms with E-state index in [2.05, 4.69) is 33.1 Å². The van der Waals surface area contributed by atoms with Gasteiger partial charge in [0.2, 0.25) is 5.91 Å². The number of likely N-dealkylation sites (tertiary alicyclic amines) is 1. The van der Waals surface area contributed by atoms with Crippen molar-refractivity contribution >= 4 is 28.9 Å². The number of nitrogens with zero attached hydrogens (tertiary/aromatic N) is 4. The molecule has 0 bridgehead atoms. The number of rotatable bonds is 9. The van der Waals surface area contributed by atoms with Gasteiger partial charge in [-0.25, -0.2) is 9.59 Å². The lowest BCUT2D eigenvalue weighted by Gasteiger charge is -2.47. The molecule has 0 saturated carbocycles. The summed E-state index contributed by atoms with van der Waals surface area (Å²) in [6.07, 6.45) is 6.06. The molecule has 3 atom stereocenters. The first kappa shape index (κ1) is 27.9. The number of nitrogens with one attached hydrogen (secondary N) is 2. The fourth-order valence-corrected chi connectivity index (χ4v) is 6.19. The van der Waals surface area contributed by atoms with Crippen molar-refractivity contribution in [3.8, 4) is 0 Å². The van der Waals surface area contributed by atoms with E-state index in [1.54, 1.807) is 4.57 Å². The van der Waals surface area contributed by atoms with Gasteiger partial charge in [0.05, 0.1) is 11.4 Å². The van der Waals surface area contributed by atoms with Crippen LogP contribution in [0.2, 0.25) is 0 Å². The molecule has 0 radical (unpaired) electrons. The summed E-state index contributed by atoms with van der Waals surface area (Å²) in [5, 5.41) is 6.87. The Balaban J connectivity index is 1.67. The lowest BCUT2D eigenvalue weighted by atomic mass is 9.72. The molecule has 206 valence electrons. The minimum absolute atomic E-state index is 0.111. The smallest absolute Gasteiger partial charge is 0.326 e. The molecular weight excluding hydrogens is 480 g/mol. The predicted molar refractivity (Wildman–Crippen MR) is 150 cm³/mol. The van der Waals surface area contributed by atoms with E-state index >= 15 is 0 Å². The molecule has 1 aromatic carbocycles. The van der Waals surface area contributed by atoms with E-state index in [0.29, 0.717) is 39.1 Å². The van der Waals surface area contributed by atoms with Crippen LogP contribution in [0.5, 0.6) is 0 Å². The second kappa shape index (κ2) is 12.1. The number of urea groups is 1. The highest BCUT2D eigenvalue weighted by Crippen LogP contribution is 2.45. The molecule has 1 fully saturated rings. The first-order valence-corrected chi connectivity index (χ1v) is 13.8. The molecule has 1 aliphatic heterocycles. The molecule has 3 unspecified atom stereocenters. The summed E-state index contributed by atoms with van der Waals surface area (Å²) in [6.45, 7) is 11.2. The van der Waals surface area contributed by atoms with Crippen LogP contribution >= 0.6 is 0 Å². The Morgan fingerprint density at radius 3 is 2.58 bits per heavy atom. The van der Waals surface area contributed by atoms with Crippen LogP contribution < -0.4 is 10.6 Å². The number of imide groups is 1. The van der Waals surface area contributed by atoms with Crippen molar-refractivity contribution in [1.29, 1.82) is 0 Å². The van der Waals surface area contributed by atoms with Gasteiger partial charge in [0.15, 0.2) is 0 Å². The maximum Gasteiger partial charge on any atom is 0.326 e. The van der Waals surface area contributed by atoms with E-state index in [0.717, 1.165) is 35.9 Å². The Hall–Kier alpha value is -3.17. The third-order valence-corrected chi connectivity index (χ3v) is 7.78. The van der Waals surface area contributed by atoms with Crippen LogP contribution in [0.25, 0.3) is 10.9 Å². The van der Waals surface area contributed by atoms with Crippen molar-refractivity contribution in [2.24, 2.45) is 5.92 Å². The van der Waals surface area contributed by atoms with Gasteiger partial charge < -0.3 is 15.5 Å². The number of carbonyl (C=O) groups excluding carboxylic acids is 3. The molecule has 2 heterocycles. The molecule has 2 N–H and O–H groups in total. The Labute approximate surface area is 225 Å². The predicted octanol–water partition coefficient (Wildman–Crippen LogP) is 3.24. The van der Waals surface area contributed by atoms with Gasteiger partial charge in [-0.15, -0.1) is 6.58 Å². The Morgan fingerprint density at radius 1 is 1.13 bits per heavy atom. The maximum atomic E-state index is 13.9. The molecule has 1 aliphatic carbocycles. The summed E-state index contributed by atoms with van der Waals surface area (Å²) in [7, 11) is 3.98. The largest absolute Gasteiger partial charge is 0.338 e. The molecule has 0 spiro atoms. The molecular formula is C29H42N6O3. The summed E-state index contributed by atoms with van der Waals surface area (Å²) in [4.78, 5) is 45.5. The Bertz CT molecular complexity index is 1190. The van der Waals surface area contributed by atoms with Gasteiger partial charge in [-0.2, -0.15) is 0 Å². The summed E-state index contributed by atoms with van der Waals surface area (Å²) in [5.41, 5.74) is 3.24. The monoisotopic (exact) mass is 522 g/mol. The van der Waals surface area contributed by atoms with Crippen molar-refractivity contribution in [2.45, 2.75) is 45.1 Å². The standard InChI is InChI=1S/C29H42N6O3/c1-6-13-33-18-21(27(36)34(28(37)30-7-2)15-10-14-32(4)5)16-23-22-11-9-12-24-26(22)20(17-25(23)33)19-35(24)29(38)31-8-3/h6,9,11-12,19,21,23,25H,1,7-8,10,13-18H2,2-5H3,(H,30,37)(H,31,38). The van der Waals surface area contributed by atoms with Gasteiger partial charge in [-0.1, -0.05) is 18.2 Å². The molecule has 1 saturated heterocycles. The Morgan fingerprint density at radius 2 is 1.89 bits per heavy atom. The molecule has 4 rings (SSSR count). The highest BCUT2D eigenvalue weighted by Gasteiger charge is 2.44.